The third-order valence-corrected chi connectivity index (χ3v) is 3.32. The number of aromatic hydroxyl groups is 1. The maximum atomic E-state index is 13.3. The Balaban J connectivity index is 2.30. The van der Waals surface area contributed by atoms with Crippen LogP contribution in [0.5, 0.6) is 5.75 Å². The highest BCUT2D eigenvalue weighted by Crippen LogP contribution is 2.32. The number of benzene rings is 1. The van der Waals surface area contributed by atoms with E-state index in [9.17, 15) is 19.6 Å². The molecule has 1 aliphatic rings. The van der Waals surface area contributed by atoms with E-state index in [1.54, 1.807) is 0 Å². The fourth-order valence-electron chi connectivity index (χ4n) is 2.29. The number of nitrogens with zero attached hydrogens (tertiary/aromatic N) is 2. The third kappa shape index (κ3) is 2.99. The molecule has 2 rings (SSSR count). The molecule has 0 spiro atoms. The molecule has 1 heterocycles. The molecule has 0 unspecified atom stereocenters. The summed E-state index contributed by atoms with van der Waals surface area (Å²) in [6, 6.07) is 3.08. The number of piperazine rings is 1. The Morgan fingerprint density at radius 1 is 1.47 bits per heavy atom. The number of non-ortho nitro benzene ring substituents is 1. The average Bonchev–Trinajstić information content (AvgIpc) is 2.42. The van der Waals surface area contributed by atoms with Crippen LogP contribution in [-0.4, -0.2) is 47.8 Å². The molecule has 1 aromatic carbocycles. The minimum absolute atomic E-state index is 0.105. The number of phenolic OH excluding ortho intramolecular Hbond substituents is 1. The highest BCUT2D eigenvalue weighted by atomic mass is 19.1. The van der Waals surface area contributed by atoms with E-state index in [1.807, 2.05) is 4.90 Å². The topological polar surface area (TPSA) is 78.6 Å². The van der Waals surface area contributed by atoms with Gasteiger partial charge in [0.25, 0.3) is 5.69 Å². The van der Waals surface area contributed by atoms with Gasteiger partial charge in [0.2, 0.25) is 0 Å². The lowest BCUT2D eigenvalue weighted by Crippen LogP contribution is -2.45. The number of hydrogen-bond donors (Lipinski definition) is 2. The van der Waals surface area contributed by atoms with Gasteiger partial charge in [0.1, 0.15) is 12.4 Å². The molecule has 1 aromatic rings. The molecule has 0 saturated carbocycles. The Bertz CT molecular complexity index is 464. The molecule has 7 heteroatoms. The van der Waals surface area contributed by atoms with Crippen molar-refractivity contribution in [3.8, 4) is 5.75 Å². The highest BCUT2D eigenvalue weighted by Gasteiger charge is 2.26. The van der Waals surface area contributed by atoms with Crippen LogP contribution in [0.2, 0.25) is 0 Å². The van der Waals surface area contributed by atoms with Gasteiger partial charge in [0, 0.05) is 43.9 Å². The summed E-state index contributed by atoms with van der Waals surface area (Å²) in [5.74, 6) is -0.105. The van der Waals surface area contributed by atoms with Crippen molar-refractivity contribution in [3.63, 3.8) is 0 Å². The Morgan fingerprint density at radius 3 is 2.74 bits per heavy atom. The lowest BCUT2D eigenvalue weighted by Gasteiger charge is -2.33. The van der Waals surface area contributed by atoms with E-state index in [4.69, 9.17) is 0 Å². The van der Waals surface area contributed by atoms with E-state index in [0.29, 0.717) is 13.1 Å². The standard InChI is InChI=1S/C12H16FN3O3/c13-8-11(15-5-3-14-4-6-15)10-7-9(16(18)19)1-2-12(10)17/h1-2,7,11,14,17H,3-6,8H2/t11-/m1/s1. The van der Waals surface area contributed by atoms with Gasteiger partial charge in [-0.25, -0.2) is 4.39 Å². The molecule has 1 fully saturated rings. The summed E-state index contributed by atoms with van der Waals surface area (Å²) in [4.78, 5) is 12.1. The number of phenols is 1. The highest BCUT2D eigenvalue weighted by molar-refractivity contribution is 5.44. The molecule has 1 saturated heterocycles. The van der Waals surface area contributed by atoms with E-state index in [1.165, 1.54) is 18.2 Å². The zero-order valence-electron chi connectivity index (χ0n) is 10.4. The summed E-state index contributed by atoms with van der Waals surface area (Å²) < 4.78 is 13.3. The normalized spacial score (nSPS) is 18.2. The number of halogens is 1. The predicted molar refractivity (Wildman–Crippen MR) is 67.9 cm³/mol. The number of alkyl halides is 1. The first-order chi connectivity index (χ1) is 9.13. The molecule has 0 amide bonds. The minimum Gasteiger partial charge on any atom is -0.508 e. The zero-order valence-corrected chi connectivity index (χ0v) is 10.4. The Morgan fingerprint density at radius 2 is 2.16 bits per heavy atom. The van der Waals surface area contributed by atoms with E-state index in [0.717, 1.165) is 13.1 Å². The quantitative estimate of drug-likeness (QED) is 0.634. The lowest BCUT2D eigenvalue weighted by molar-refractivity contribution is -0.385. The molecule has 2 N–H and O–H groups in total. The molecule has 0 aromatic heterocycles. The minimum atomic E-state index is -0.686. The summed E-state index contributed by atoms with van der Waals surface area (Å²) in [7, 11) is 0. The smallest absolute Gasteiger partial charge is 0.270 e. The molecule has 0 aliphatic carbocycles. The van der Waals surface area contributed by atoms with Crippen LogP contribution in [0, 0.1) is 10.1 Å². The van der Waals surface area contributed by atoms with Gasteiger partial charge in [-0.1, -0.05) is 0 Å². The van der Waals surface area contributed by atoms with Crippen LogP contribution in [0.3, 0.4) is 0 Å². The van der Waals surface area contributed by atoms with Gasteiger partial charge in [-0.05, 0) is 6.07 Å². The van der Waals surface area contributed by atoms with E-state index < -0.39 is 17.6 Å². The molecule has 1 aliphatic heterocycles. The third-order valence-electron chi connectivity index (χ3n) is 3.32. The second-order valence-electron chi connectivity index (χ2n) is 4.46. The van der Waals surface area contributed by atoms with Gasteiger partial charge < -0.3 is 10.4 Å². The van der Waals surface area contributed by atoms with Crippen LogP contribution in [0.15, 0.2) is 18.2 Å². The molecule has 6 nitrogen and oxygen atoms in total. The van der Waals surface area contributed by atoms with Crippen LogP contribution in [0.4, 0.5) is 10.1 Å². The van der Waals surface area contributed by atoms with E-state index in [2.05, 4.69) is 5.32 Å². The number of nitro benzene ring substituents is 1. The molecule has 0 bridgehead atoms. The SMILES string of the molecule is O=[N+]([O-])c1ccc(O)c([C@@H](CF)N2CCNCC2)c1. The Hall–Kier alpha value is -1.73. The summed E-state index contributed by atoms with van der Waals surface area (Å²) in [6.45, 7) is 2.10. The van der Waals surface area contributed by atoms with Crippen molar-refractivity contribution < 1.29 is 14.4 Å². The fraction of sp³-hybridized carbons (Fsp3) is 0.500. The van der Waals surface area contributed by atoms with Crippen molar-refractivity contribution >= 4 is 5.69 Å². The van der Waals surface area contributed by atoms with Crippen molar-refractivity contribution in [1.29, 1.82) is 0 Å². The average molecular weight is 269 g/mol. The van der Waals surface area contributed by atoms with Crippen LogP contribution in [0.1, 0.15) is 11.6 Å². The molecule has 1 atom stereocenters. The van der Waals surface area contributed by atoms with Crippen molar-refractivity contribution in [2.75, 3.05) is 32.9 Å². The van der Waals surface area contributed by atoms with Crippen LogP contribution in [0.25, 0.3) is 0 Å². The largest absolute Gasteiger partial charge is 0.508 e. The maximum Gasteiger partial charge on any atom is 0.270 e. The number of nitrogens with one attached hydrogen (secondary N) is 1. The zero-order chi connectivity index (χ0) is 13.8. The van der Waals surface area contributed by atoms with Crippen LogP contribution in [-0.2, 0) is 0 Å². The van der Waals surface area contributed by atoms with Gasteiger partial charge >= 0.3 is 0 Å². The summed E-state index contributed by atoms with van der Waals surface area (Å²) in [5.41, 5.74) is 0.139. The molecule has 0 radical (unpaired) electrons. The van der Waals surface area contributed by atoms with Gasteiger partial charge in [0.05, 0.1) is 11.0 Å². The number of rotatable bonds is 4. The fourth-order valence-corrected chi connectivity index (χ4v) is 2.29. The Labute approximate surface area is 110 Å². The molecular weight excluding hydrogens is 253 g/mol. The number of nitro groups is 1. The number of hydrogen-bond acceptors (Lipinski definition) is 5. The summed E-state index contributed by atoms with van der Waals surface area (Å²) in [5, 5.41) is 23.7. The first-order valence-electron chi connectivity index (χ1n) is 6.11. The lowest BCUT2D eigenvalue weighted by atomic mass is 10.0. The summed E-state index contributed by atoms with van der Waals surface area (Å²) in [6.07, 6.45) is 0. The molecule has 19 heavy (non-hydrogen) atoms. The molecular formula is C12H16FN3O3. The van der Waals surface area contributed by atoms with Crippen molar-refractivity contribution in [3.05, 3.63) is 33.9 Å². The van der Waals surface area contributed by atoms with Gasteiger partial charge in [-0.15, -0.1) is 0 Å². The predicted octanol–water partition coefficient (Wildman–Crippen LogP) is 1.22. The second-order valence-corrected chi connectivity index (χ2v) is 4.46. The van der Waals surface area contributed by atoms with E-state index in [-0.39, 0.29) is 17.0 Å². The summed E-state index contributed by atoms with van der Waals surface area (Å²) >= 11 is 0. The van der Waals surface area contributed by atoms with Gasteiger partial charge in [-0.2, -0.15) is 0 Å². The van der Waals surface area contributed by atoms with Gasteiger partial charge in [0.15, 0.2) is 0 Å². The first kappa shape index (κ1) is 13.7. The van der Waals surface area contributed by atoms with E-state index >= 15 is 0 Å². The van der Waals surface area contributed by atoms with Crippen molar-refractivity contribution in [2.24, 2.45) is 0 Å². The van der Waals surface area contributed by atoms with Crippen LogP contribution < -0.4 is 5.32 Å². The van der Waals surface area contributed by atoms with Gasteiger partial charge in [-0.3, -0.25) is 15.0 Å². The van der Waals surface area contributed by atoms with Crippen LogP contribution >= 0.6 is 0 Å². The molecule has 104 valence electrons. The Kier molecular flexibility index (Phi) is 4.28. The van der Waals surface area contributed by atoms with Crippen molar-refractivity contribution in [1.82, 2.24) is 10.2 Å². The monoisotopic (exact) mass is 269 g/mol. The first-order valence-corrected chi connectivity index (χ1v) is 6.11. The second kappa shape index (κ2) is 5.94. The maximum absolute atomic E-state index is 13.3. The van der Waals surface area contributed by atoms with Crippen molar-refractivity contribution in [2.45, 2.75) is 6.04 Å².